The van der Waals surface area contributed by atoms with Crippen molar-refractivity contribution in [2.45, 2.75) is 25.9 Å². The Hall–Kier alpha value is -2.61. The lowest BCUT2D eigenvalue weighted by molar-refractivity contribution is 0.0870. The number of amides is 1. The van der Waals surface area contributed by atoms with Crippen LogP contribution in [0.25, 0.3) is 0 Å². The standard InChI is InChI=1S/C16H18ClN5O3/c1-10-12(2-3-13(17)20-10)21-14-8-15(19-9-18-14)25-11-4-6-22(7-5-11)16(23)24/h2-3,8-9,11H,4-7H2,1H3,(H,23,24)(H,18,19,21). The zero-order valence-corrected chi connectivity index (χ0v) is 14.4. The van der Waals surface area contributed by atoms with E-state index in [9.17, 15) is 4.79 Å². The fourth-order valence-corrected chi connectivity index (χ4v) is 2.80. The van der Waals surface area contributed by atoms with E-state index in [2.05, 4.69) is 20.3 Å². The summed E-state index contributed by atoms with van der Waals surface area (Å²) in [5.41, 5.74) is 1.55. The number of carboxylic acid groups (broad SMARTS) is 1. The van der Waals surface area contributed by atoms with Gasteiger partial charge in [-0.2, -0.15) is 0 Å². The Morgan fingerprint density at radius 2 is 2.12 bits per heavy atom. The summed E-state index contributed by atoms with van der Waals surface area (Å²) in [6.45, 7) is 2.78. The Kier molecular flexibility index (Phi) is 5.18. The number of nitrogens with zero attached hydrogens (tertiary/aromatic N) is 4. The van der Waals surface area contributed by atoms with Gasteiger partial charge in [0.15, 0.2) is 0 Å². The third-order valence-corrected chi connectivity index (χ3v) is 4.17. The van der Waals surface area contributed by atoms with Crippen LogP contribution < -0.4 is 10.1 Å². The van der Waals surface area contributed by atoms with E-state index in [-0.39, 0.29) is 6.10 Å². The minimum absolute atomic E-state index is 0.0581. The van der Waals surface area contributed by atoms with Crippen LogP contribution in [0.5, 0.6) is 5.88 Å². The lowest BCUT2D eigenvalue weighted by Gasteiger charge is -2.29. The lowest BCUT2D eigenvalue weighted by atomic mass is 10.1. The predicted octanol–water partition coefficient (Wildman–Crippen LogP) is 3.10. The summed E-state index contributed by atoms with van der Waals surface area (Å²) in [4.78, 5) is 24.8. The van der Waals surface area contributed by atoms with Crippen molar-refractivity contribution >= 4 is 29.2 Å². The molecule has 3 rings (SSSR count). The first-order chi connectivity index (χ1) is 12.0. The van der Waals surface area contributed by atoms with Gasteiger partial charge >= 0.3 is 6.09 Å². The van der Waals surface area contributed by atoms with E-state index in [4.69, 9.17) is 21.4 Å². The number of hydrogen-bond acceptors (Lipinski definition) is 6. The van der Waals surface area contributed by atoms with Crippen LogP contribution in [0.2, 0.25) is 5.15 Å². The summed E-state index contributed by atoms with van der Waals surface area (Å²) < 4.78 is 5.86. The number of halogens is 1. The fraction of sp³-hybridized carbons (Fsp3) is 0.375. The van der Waals surface area contributed by atoms with Gasteiger partial charge in [0, 0.05) is 32.0 Å². The second-order valence-electron chi connectivity index (χ2n) is 5.72. The lowest BCUT2D eigenvalue weighted by Crippen LogP contribution is -2.41. The number of ether oxygens (including phenoxy) is 1. The van der Waals surface area contributed by atoms with Gasteiger partial charge in [-0.3, -0.25) is 0 Å². The average molecular weight is 364 g/mol. The second-order valence-corrected chi connectivity index (χ2v) is 6.11. The molecule has 1 aliphatic heterocycles. The molecule has 0 unspecified atom stereocenters. The van der Waals surface area contributed by atoms with Gasteiger partial charge in [0.2, 0.25) is 5.88 Å². The number of piperidine rings is 1. The highest BCUT2D eigenvalue weighted by Crippen LogP contribution is 2.23. The number of carbonyl (C=O) groups is 1. The summed E-state index contributed by atoms with van der Waals surface area (Å²) in [7, 11) is 0. The molecule has 0 radical (unpaired) electrons. The molecule has 1 amide bonds. The Labute approximate surface area is 149 Å². The first-order valence-electron chi connectivity index (χ1n) is 7.88. The van der Waals surface area contributed by atoms with Gasteiger partial charge in [-0.25, -0.2) is 19.7 Å². The largest absolute Gasteiger partial charge is 0.474 e. The SMILES string of the molecule is Cc1nc(Cl)ccc1Nc1cc(OC2CCN(C(=O)O)CC2)ncn1. The van der Waals surface area contributed by atoms with Crippen LogP contribution in [0.1, 0.15) is 18.5 Å². The third kappa shape index (κ3) is 4.48. The zero-order valence-electron chi connectivity index (χ0n) is 13.6. The molecule has 0 aliphatic carbocycles. The summed E-state index contributed by atoms with van der Waals surface area (Å²) >= 11 is 5.86. The third-order valence-electron chi connectivity index (χ3n) is 3.96. The summed E-state index contributed by atoms with van der Waals surface area (Å²) in [5, 5.41) is 12.6. The molecule has 9 heteroatoms. The molecule has 2 aromatic heterocycles. The van der Waals surface area contributed by atoms with Crippen LogP contribution in [-0.2, 0) is 0 Å². The molecule has 25 heavy (non-hydrogen) atoms. The van der Waals surface area contributed by atoms with Crippen molar-refractivity contribution in [1.82, 2.24) is 19.9 Å². The maximum Gasteiger partial charge on any atom is 0.407 e. The first-order valence-corrected chi connectivity index (χ1v) is 8.26. The van der Waals surface area contributed by atoms with Crippen LogP contribution in [0.15, 0.2) is 24.5 Å². The minimum Gasteiger partial charge on any atom is -0.474 e. The van der Waals surface area contributed by atoms with Crippen molar-refractivity contribution in [2.24, 2.45) is 0 Å². The number of pyridine rings is 1. The molecule has 0 bridgehead atoms. The number of hydrogen-bond donors (Lipinski definition) is 2. The molecule has 1 saturated heterocycles. The molecule has 2 N–H and O–H groups in total. The van der Waals surface area contributed by atoms with Gasteiger partial charge in [0.05, 0.1) is 11.4 Å². The van der Waals surface area contributed by atoms with Gasteiger partial charge < -0.3 is 20.1 Å². The Morgan fingerprint density at radius 3 is 2.80 bits per heavy atom. The molecule has 0 saturated carbocycles. The van der Waals surface area contributed by atoms with Gasteiger partial charge in [0.25, 0.3) is 0 Å². The molecule has 8 nitrogen and oxygen atoms in total. The van der Waals surface area contributed by atoms with E-state index in [0.717, 1.165) is 11.4 Å². The Balaban J connectivity index is 1.63. The monoisotopic (exact) mass is 363 g/mol. The fourth-order valence-electron chi connectivity index (χ4n) is 2.61. The smallest absolute Gasteiger partial charge is 0.407 e. The number of rotatable bonds is 4. The van der Waals surface area contributed by atoms with Crippen molar-refractivity contribution in [2.75, 3.05) is 18.4 Å². The molecule has 3 heterocycles. The first kappa shape index (κ1) is 17.2. The van der Waals surface area contributed by atoms with E-state index in [0.29, 0.717) is 42.8 Å². The molecule has 0 aromatic carbocycles. The molecule has 0 spiro atoms. The van der Waals surface area contributed by atoms with Gasteiger partial charge in [-0.1, -0.05) is 11.6 Å². The molecular weight excluding hydrogens is 346 g/mol. The molecule has 0 atom stereocenters. The topological polar surface area (TPSA) is 100 Å². The van der Waals surface area contributed by atoms with E-state index >= 15 is 0 Å². The van der Waals surface area contributed by atoms with Crippen LogP contribution in [0, 0.1) is 6.92 Å². The van der Waals surface area contributed by atoms with Gasteiger partial charge in [-0.15, -0.1) is 0 Å². The summed E-state index contributed by atoms with van der Waals surface area (Å²) in [5.74, 6) is 1.03. The summed E-state index contributed by atoms with van der Waals surface area (Å²) in [6.07, 6.45) is 1.75. The zero-order chi connectivity index (χ0) is 17.8. The number of likely N-dealkylation sites (tertiary alicyclic amines) is 1. The van der Waals surface area contributed by atoms with E-state index in [1.807, 2.05) is 13.0 Å². The Bertz CT molecular complexity index is 765. The Morgan fingerprint density at radius 1 is 1.36 bits per heavy atom. The van der Waals surface area contributed by atoms with Crippen molar-refractivity contribution in [1.29, 1.82) is 0 Å². The quantitative estimate of drug-likeness (QED) is 0.805. The average Bonchev–Trinajstić information content (AvgIpc) is 2.58. The second kappa shape index (κ2) is 7.52. The van der Waals surface area contributed by atoms with Crippen molar-refractivity contribution in [3.8, 4) is 5.88 Å². The van der Waals surface area contributed by atoms with Crippen LogP contribution in [0.4, 0.5) is 16.3 Å². The molecule has 1 aliphatic rings. The van der Waals surface area contributed by atoms with E-state index in [1.165, 1.54) is 11.2 Å². The highest BCUT2D eigenvalue weighted by molar-refractivity contribution is 6.29. The summed E-state index contributed by atoms with van der Waals surface area (Å²) in [6, 6.07) is 5.23. The van der Waals surface area contributed by atoms with Crippen LogP contribution in [-0.4, -0.2) is 50.2 Å². The van der Waals surface area contributed by atoms with Crippen molar-refractivity contribution in [3.63, 3.8) is 0 Å². The highest BCUT2D eigenvalue weighted by Gasteiger charge is 2.23. The number of aromatic nitrogens is 3. The van der Waals surface area contributed by atoms with E-state index in [1.54, 1.807) is 12.1 Å². The predicted molar refractivity (Wildman–Crippen MR) is 92.5 cm³/mol. The molecular formula is C16H18ClN5O3. The van der Waals surface area contributed by atoms with Crippen LogP contribution >= 0.6 is 11.6 Å². The molecule has 2 aromatic rings. The van der Waals surface area contributed by atoms with E-state index < -0.39 is 6.09 Å². The number of nitrogens with one attached hydrogen (secondary N) is 1. The van der Waals surface area contributed by atoms with Gasteiger partial charge in [0.1, 0.15) is 23.4 Å². The maximum atomic E-state index is 10.9. The number of aryl methyl sites for hydroxylation is 1. The molecule has 132 valence electrons. The molecule has 1 fully saturated rings. The maximum absolute atomic E-state index is 10.9. The minimum atomic E-state index is -0.890. The van der Waals surface area contributed by atoms with Gasteiger partial charge in [-0.05, 0) is 19.1 Å². The normalized spacial score (nSPS) is 15.0. The highest BCUT2D eigenvalue weighted by atomic mass is 35.5. The van der Waals surface area contributed by atoms with Crippen LogP contribution in [0.3, 0.4) is 0 Å². The van der Waals surface area contributed by atoms with Crippen molar-refractivity contribution in [3.05, 3.63) is 35.4 Å². The number of anilines is 2. The van der Waals surface area contributed by atoms with Crippen molar-refractivity contribution < 1.29 is 14.6 Å².